The standard InChI is InChI=1S/C18H26BrNO/c1-12(2)16-11-15(19)7-8-17(16)21-10-9-20-18(13-3-4-13)14-5-6-14/h7-8,11-14,18,20H,3-6,9-10H2,1-2H3. The van der Waals surface area contributed by atoms with Gasteiger partial charge in [0.1, 0.15) is 12.4 Å². The summed E-state index contributed by atoms with van der Waals surface area (Å²) in [4.78, 5) is 0. The fourth-order valence-electron chi connectivity index (χ4n) is 3.12. The van der Waals surface area contributed by atoms with Gasteiger partial charge in [0.2, 0.25) is 0 Å². The van der Waals surface area contributed by atoms with E-state index in [2.05, 4.69) is 53.3 Å². The Balaban J connectivity index is 1.48. The maximum absolute atomic E-state index is 6.02. The highest BCUT2D eigenvalue weighted by atomic mass is 79.9. The van der Waals surface area contributed by atoms with E-state index in [4.69, 9.17) is 4.74 Å². The summed E-state index contributed by atoms with van der Waals surface area (Å²) < 4.78 is 7.15. The highest BCUT2D eigenvalue weighted by Gasteiger charge is 2.40. The maximum Gasteiger partial charge on any atom is 0.122 e. The Morgan fingerprint density at radius 1 is 1.19 bits per heavy atom. The lowest BCUT2D eigenvalue weighted by molar-refractivity contribution is 0.290. The normalized spacial score (nSPS) is 18.5. The first kappa shape index (κ1) is 15.4. The monoisotopic (exact) mass is 351 g/mol. The van der Waals surface area contributed by atoms with E-state index in [1.807, 2.05) is 0 Å². The van der Waals surface area contributed by atoms with Crippen LogP contribution in [0, 0.1) is 11.8 Å². The lowest BCUT2D eigenvalue weighted by Crippen LogP contribution is -2.36. The zero-order valence-electron chi connectivity index (χ0n) is 13.1. The predicted molar refractivity (Wildman–Crippen MR) is 91.0 cm³/mol. The molecule has 3 heteroatoms. The molecule has 0 spiro atoms. The van der Waals surface area contributed by atoms with E-state index in [0.717, 1.165) is 41.3 Å². The van der Waals surface area contributed by atoms with E-state index < -0.39 is 0 Å². The van der Waals surface area contributed by atoms with Crippen LogP contribution in [0.25, 0.3) is 0 Å². The van der Waals surface area contributed by atoms with Crippen molar-refractivity contribution in [2.45, 2.75) is 51.5 Å². The Morgan fingerprint density at radius 2 is 1.86 bits per heavy atom. The van der Waals surface area contributed by atoms with Gasteiger partial charge in [0.05, 0.1) is 0 Å². The second-order valence-electron chi connectivity index (χ2n) is 6.84. The minimum atomic E-state index is 0.483. The number of hydrogen-bond donors (Lipinski definition) is 1. The van der Waals surface area contributed by atoms with Crippen LogP contribution in [-0.4, -0.2) is 19.2 Å². The van der Waals surface area contributed by atoms with Crippen molar-refractivity contribution in [3.63, 3.8) is 0 Å². The van der Waals surface area contributed by atoms with Crippen molar-refractivity contribution >= 4 is 15.9 Å². The smallest absolute Gasteiger partial charge is 0.122 e. The van der Waals surface area contributed by atoms with Gasteiger partial charge in [-0.3, -0.25) is 0 Å². The zero-order chi connectivity index (χ0) is 14.8. The maximum atomic E-state index is 6.02. The molecule has 1 aromatic rings. The van der Waals surface area contributed by atoms with Gasteiger partial charge >= 0.3 is 0 Å². The third kappa shape index (κ3) is 4.23. The molecule has 116 valence electrons. The topological polar surface area (TPSA) is 21.3 Å². The Kier molecular flexibility index (Phi) is 4.90. The van der Waals surface area contributed by atoms with Crippen molar-refractivity contribution in [3.05, 3.63) is 28.2 Å². The number of ether oxygens (including phenoxy) is 1. The summed E-state index contributed by atoms with van der Waals surface area (Å²) in [6, 6.07) is 7.08. The molecule has 0 aromatic heterocycles. The largest absolute Gasteiger partial charge is 0.492 e. The molecule has 0 aliphatic heterocycles. The Bertz CT molecular complexity index is 468. The Labute approximate surface area is 136 Å². The molecule has 21 heavy (non-hydrogen) atoms. The lowest BCUT2D eigenvalue weighted by Gasteiger charge is -2.19. The first-order valence-electron chi connectivity index (χ1n) is 8.31. The Hall–Kier alpha value is -0.540. The van der Waals surface area contributed by atoms with Gasteiger partial charge in [-0.15, -0.1) is 0 Å². The van der Waals surface area contributed by atoms with Crippen LogP contribution in [0.4, 0.5) is 0 Å². The summed E-state index contributed by atoms with van der Waals surface area (Å²) >= 11 is 3.54. The van der Waals surface area contributed by atoms with Gasteiger partial charge in [-0.2, -0.15) is 0 Å². The van der Waals surface area contributed by atoms with E-state index in [9.17, 15) is 0 Å². The summed E-state index contributed by atoms with van der Waals surface area (Å²) in [6.07, 6.45) is 5.72. The molecule has 0 bridgehead atoms. The second kappa shape index (κ2) is 6.70. The van der Waals surface area contributed by atoms with E-state index in [1.165, 1.54) is 31.2 Å². The minimum Gasteiger partial charge on any atom is -0.492 e. The quantitative estimate of drug-likeness (QED) is 0.683. The van der Waals surface area contributed by atoms with Crippen molar-refractivity contribution in [1.82, 2.24) is 5.32 Å². The summed E-state index contributed by atoms with van der Waals surface area (Å²) in [5.41, 5.74) is 1.28. The fourth-order valence-corrected chi connectivity index (χ4v) is 3.50. The molecular weight excluding hydrogens is 326 g/mol. The van der Waals surface area contributed by atoms with Crippen LogP contribution in [-0.2, 0) is 0 Å². The van der Waals surface area contributed by atoms with Gasteiger partial charge in [0.15, 0.2) is 0 Å². The van der Waals surface area contributed by atoms with Gasteiger partial charge in [-0.25, -0.2) is 0 Å². The molecule has 0 heterocycles. The van der Waals surface area contributed by atoms with E-state index in [1.54, 1.807) is 0 Å². The SMILES string of the molecule is CC(C)c1cc(Br)ccc1OCCNC(C1CC1)C1CC1. The third-order valence-corrected chi connectivity index (χ3v) is 5.09. The number of halogens is 1. The molecule has 0 unspecified atom stereocenters. The van der Waals surface area contributed by atoms with Crippen LogP contribution in [0.1, 0.15) is 51.0 Å². The van der Waals surface area contributed by atoms with Gasteiger partial charge in [-0.05, 0) is 67.2 Å². The zero-order valence-corrected chi connectivity index (χ0v) is 14.7. The molecule has 0 atom stereocenters. The molecule has 2 saturated carbocycles. The average Bonchev–Trinajstić information content (AvgIpc) is 3.33. The number of nitrogens with one attached hydrogen (secondary N) is 1. The van der Waals surface area contributed by atoms with Crippen LogP contribution in [0.15, 0.2) is 22.7 Å². The Morgan fingerprint density at radius 3 is 2.43 bits per heavy atom. The van der Waals surface area contributed by atoms with Crippen LogP contribution in [0.2, 0.25) is 0 Å². The number of hydrogen-bond acceptors (Lipinski definition) is 2. The summed E-state index contributed by atoms with van der Waals surface area (Å²) in [5, 5.41) is 3.74. The van der Waals surface area contributed by atoms with E-state index >= 15 is 0 Å². The van der Waals surface area contributed by atoms with Crippen LogP contribution in [0.3, 0.4) is 0 Å². The molecule has 2 aliphatic rings. The molecule has 2 nitrogen and oxygen atoms in total. The number of benzene rings is 1. The molecule has 2 aliphatic carbocycles. The molecule has 1 aromatic carbocycles. The minimum absolute atomic E-state index is 0.483. The van der Waals surface area contributed by atoms with E-state index in [-0.39, 0.29) is 0 Å². The van der Waals surface area contributed by atoms with E-state index in [0.29, 0.717) is 5.92 Å². The predicted octanol–water partition coefficient (Wildman–Crippen LogP) is 4.73. The van der Waals surface area contributed by atoms with Crippen molar-refractivity contribution in [3.8, 4) is 5.75 Å². The van der Waals surface area contributed by atoms with Crippen LogP contribution >= 0.6 is 15.9 Å². The fraction of sp³-hybridized carbons (Fsp3) is 0.667. The lowest BCUT2D eigenvalue weighted by atomic mass is 10.0. The van der Waals surface area contributed by atoms with Crippen molar-refractivity contribution in [2.24, 2.45) is 11.8 Å². The van der Waals surface area contributed by atoms with Crippen molar-refractivity contribution < 1.29 is 4.74 Å². The number of rotatable bonds is 8. The van der Waals surface area contributed by atoms with Crippen LogP contribution < -0.4 is 10.1 Å². The molecule has 0 saturated heterocycles. The first-order chi connectivity index (χ1) is 10.1. The first-order valence-corrected chi connectivity index (χ1v) is 9.10. The molecule has 1 N–H and O–H groups in total. The second-order valence-corrected chi connectivity index (χ2v) is 7.76. The summed E-state index contributed by atoms with van der Waals surface area (Å²) in [6.45, 7) is 6.15. The third-order valence-electron chi connectivity index (χ3n) is 4.59. The molecule has 3 rings (SSSR count). The molecule has 0 amide bonds. The molecule has 0 radical (unpaired) electrons. The van der Waals surface area contributed by atoms with Gasteiger partial charge < -0.3 is 10.1 Å². The summed E-state index contributed by atoms with van der Waals surface area (Å²) in [5.74, 6) is 3.42. The van der Waals surface area contributed by atoms with Gasteiger partial charge in [0.25, 0.3) is 0 Å². The molecular formula is C18H26BrNO. The average molecular weight is 352 g/mol. The van der Waals surface area contributed by atoms with Crippen molar-refractivity contribution in [2.75, 3.05) is 13.2 Å². The van der Waals surface area contributed by atoms with Gasteiger partial charge in [-0.1, -0.05) is 29.8 Å². The van der Waals surface area contributed by atoms with Crippen LogP contribution in [0.5, 0.6) is 5.75 Å². The van der Waals surface area contributed by atoms with Gasteiger partial charge in [0, 0.05) is 17.1 Å². The highest BCUT2D eigenvalue weighted by Crippen LogP contribution is 2.44. The van der Waals surface area contributed by atoms with Crippen molar-refractivity contribution in [1.29, 1.82) is 0 Å². The molecule has 2 fully saturated rings. The highest BCUT2D eigenvalue weighted by molar-refractivity contribution is 9.10. The summed E-state index contributed by atoms with van der Waals surface area (Å²) in [7, 11) is 0.